The highest BCUT2D eigenvalue weighted by Gasteiger charge is 2.12. The van der Waals surface area contributed by atoms with Gasteiger partial charge in [-0.1, -0.05) is 54.6 Å². The van der Waals surface area contributed by atoms with E-state index in [0.717, 1.165) is 0 Å². The molecule has 2 nitrogen and oxygen atoms in total. The zero-order valence-corrected chi connectivity index (χ0v) is 11.9. The van der Waals surface area contributed by atoms with Crippen molar-refractivity contribution >= 4 is 32.7 Å². The lowest BCUT2D eigenvalue weighted by Crippen LogP contribution is -1.78. The second-order valence-electron chi connectivity index (χ2n) is 5.65. The maximum Gasteiger partial charge on any atom is 0.0545 e. The number of aromatic nitrogens is 2. The van der Waals surface area contributed by atoms with Crippen molar-refractivity contribution in [1.82, 2.24) is 9.97 Å². The highest BCUT2D eigenvalue weighted by Crippen LogP contribution is 2.36. The smallest absolute Gasteiger partial charge is 0.0545 e. The van der Waals surface area contributed by atoms with Crippen LogP contribution in [0.1, 0.15) is 0 Å². The van der Waals surface area contributed by atoms with Crippen LogP contribution in [0.15, 0.2) is 72.9 Å². The Morgan fingerprint density at radius 1 is 0.545 bits per heavy atom. The fraction of sp³-hybridized carbons (Fsp3) is 0. The largest absolute Gasteiger partial charge is 0.361 e. The number of fused-ring (bicyclic) bond motifs is 4. The van der Waals surface area contributed by atoms with Gasteiger partial charge in [-0.05, 0) is 12.1 Å². The molecule has 5 rings (SSSR count). The number of para-hydroxylation sites is 3. The first-order valence-corrected chi connectivity index (χ1v) is 7.48. The maximum atomic E-state index is 3.59. The Hall–Kier alpha value is -3.00. The Morgan fingerprint density at radius 3 is 2.18 bits per heavy atom. The van der Waals surface area contributed by atoms with Crippen LogP contribution in [0.2, 0.25) is 0 Å². The highest BCUT2D eigenvalue weighted by atomic mass is 14.7. The van der Waals surface area contributed by atoms with Gasteiger partial charge in [0.25, 0.3) is 0 Å². The monoisotopic (exact) mass is 282 g/mol. The molecule has 2 N–H and O–H groups in total. The van der Waals surface area contributed by atoms with E-state index in [0.29, 0.717) is 0 Å². The van der Waals surface area contributed by atoms with E-state index in [-0.39, 0.29) is 0 Å². The third kappa shape index (κ3) is 1.49. The molecular formula is C20H14N2. The number of nitrogens with one attached hydrogen (secondary N) is 2. The van der Waals surface area contributed by atoms with Crippen LogP contribution >= 0.6 is 0 Å². The maximum absolute atomic E-state index is 3.59. The third-order valence-electron chi connectivity index (χ3n) is 4.42. The van der Waals surface area contributed by atoms with Gasteiger partial charge in [-0.25, -0.2) is 0 Å². The Morgan fingerprint density at radius 2 is 1.27 bits per heavy atom. The Labute approximate surface area is 127 Å². The van der Waals surface area contributed by atoms with Gasteiger partial charge in [0.15, 0.2) is 0 Å². The van der Waals surface area contributed by atoms with Crippen molar-refractivity contribution in [2.75, 3.05) is 0 Å². The van der Waals surface area contributed by atoms with E-state index < -0.39 is 0 Å². The summed E-state index contributed by atoms with van der Waals surface area (Å²) >= 11 is 0. The molecule has 0 saturated carbocycles. The SMILES string of the molecule is c1ccc2c(-c3cccc4c3[nH]c3ccccc34)c[nH]c2c1. The minimum Gasteiger partial charge on any atom is -0.361 e. The van der Waals surface area contributed by atoms with E-state index in [1.807, 2.05) is 0 Å². The molecule has 3 aromatic carbocycles. The van der Waals surface area contributed by atoms with Crippen molar-refractivity contribution in [2.24, 2.45) is 0 Å². The van der Waals surface area contributed by atoms with Crippen molar-refractivity contribution in [3.05, 3.63) is 72.9 Å². The fourth-order valence-corrected chi connectivity index (χ4v) is 3.39. The summed E-state index contributed by atoms with van der Waals surface area (Å²) in [6.45, 7) is 0. The molecule has 2 heteroatoms. The third-order valence-corrected chi connectivity index (χ3v) is 4.42. The first-order valence-electron chi connectivity index (χ1n) is 7.48. The average molecular weight is 282 g/mol. The summed E-state index contributed by atoms with van der Waals surface area (Å²) in [7, 11) is 0. The van der Waals surface area contributed by atoms with Crippen LogP contribution in [0.4, 0.5) is 0 Å². The van der Waals surface area contributed by atoms with Crippen LogP contribution in [0.25, 0.3) is 43.8 Å². The lowest BCUT2D eigenvalue weighted by Gasteiger charge is -2.02. The van der Waals surface area contributed by atoms with Gasteiger partial charge >= 0.3 is 0 Å². The van der Waals surface area contributed by atoms with Crippen molar-refractivity contribution in [1.29, 1.82) is 0 Å². The van der Waals surface area contributed by atoms with Gasteiger partial charge in [0, 0.05) is 44.5 Å². The molecule has 0 spiro atoms. The quantitative estimate of drug-likeness (QED) is 0.408. The molecule has 5 aromatic rings. The van der Waals surface area contributed by atoms with Gasteiger partial charge in [0.2, 0.25) is 0 Å². The van der Waals surface area contributed by atoms with Crippen molar-refractivity contribution in [2.45, 2.75) is 0 Å². The van der Waals surface area contributed by atoms with Gasteiger partial charge < -0.3 is 9.97 Å². The highest BCUT2D eigenvalue weighted by molar-refractivity contribution is 6.13. The lowest BCUT2D eigenvalue weighted by molar-refractivity contribution is 1.47. The first kappa shape index (κ1) is 11.6. The zero-order chi connectivity index (χ0) is 14.5. The van der Waals surface area contributed by atoms with E-state index >= 15 is 0 Å². The number of aromatic amines is 2. The summed E-state index contributed by atoms with van der Waals surface area (Å²) in [6.07, 6.45) is 2.10. The number of rotatable bonds is 1. The van der Waals surface area contributed by atoms with Crippen LogP contribution in [0.3, 0.4) is 0 Å². The first-order chi connectivity index (χ1) is 10.9. The van der Waals surface area contributed by atoms with Gasteiger partial charge in [-0.15, -0.1) is 0 Å². The van der Waals surface area contributed by atoms with E-state index in [1.54, 1.807) is 0 Å². The lowest BCUT2D eigenvalue weighted by atomic mass is 10.0. The van der Waals surface area contributed by atoms with Crippen molar-refractivity contribution in [3.8, 4) is 11.1 Å². The number of hydrogen-bond donors (Lipinski definition) is 2. The topological polar surface area (TPSA) is 31.6 Å². The summed E-state index contributed by atoms with van der Waals surface area (Å²) in [4.78, 5) is 6.96. The Bertz CT molecular complexity index is 1130. The van der Waals surface area contributed by atoms with Crippen molar-refractivity contribution in [3.63, 3.8) is 0 Å². The molecule has 0 bridgehead atoms. The van der Waals surface area contributed by atoms with Crippen LogP contribution in [0, 0.1) is 0 Å². The molecular weight excluding hydrogens is 268 g/mol. The summed E-state index contributed by atoms with van der Waals surface area (Å²) in [5, 5.41) is 3.81. The minimum atomic E-state index is 1.17. The molecule has 0 aliphatic heterocycles. The second-order valence-corrected chi connectivity index (χ2v) is 5.65. The molecule has 0 amide bonds. The molecule has 0 fully saturated rings. The van der Waals surface area contributed by atoms with Crippen LogP contribution < -0.4 is 0 Å². The van der Waals surface area contributed by atoms with Gasteiger partial charge in [-0.2, -0.15) is 0 Å². The molecule has 0 saturated heterocycles. The Kier molecular flexibility index (Phi) is 2.25. The summed E-state index contributed by atoms with van der Waals surface area (Å²) in [6, 6.07) is 23.4. The zero-order valence-electron chi connectivity index (χ0n) is 11.9. The molecule has 0 aliphatic rings. The molecule has 0 radical (unpaired) electrons. The summed E-state index contributed by atoms with van der Waals surface area (Å²) in [5.74, 6) is 0. The summed E-state index contributed by atoms with van der Waals surface area (Å²) < 4.78 is 0. The molecule has 2 heterocycles. The Balaban J connectivity index is 1.92. The van der Waals surface area contributed by atoms with Gasteiger partial charge in [0.05, 0.1) is 5.52 Å². The standard InChI is InChI=1S/C20H14N2/c1-3-10-18-14(7-1)17(12-21-18)16-9-5-8-15-13-6-2-4-11-19(13)22-20(15)16/h1-12,21-22H. The van der Waals surface area contributed by atoms with E-state index in [4.69, 9.17) is 0 Å². The molecule has 22 heavy (non-hydrogen) atoms. The molecule has 0 unspecified atom stereocenters. The van der Waals surface area contributed by atoms with Crippen LogP contribution in [0.5, 0.6) is 0 Å². The van der Waals surface area contributed by atoms with E-state index in [2.05, 4.69) is 82.9 Å². The summed E-state index contributed by atoms with van der Waals surface area (Å²) in [5.41, 5.74) is 6.04. The second kappa shape index (κ2) is 4.25. The fourth-order valence-electron chi connectivity index (χ4n) is 3.39. The molecule has 2 aromatic heterocycles. The number of H-pyrrole nitrogens is 2. The predicted octanol–water partition coefficient (Wildman–Crippen LogP) is 5.47. The van der Waals surface area contributed by atoms with Crippen LogP contribution in [-0.2, 0) is 0 Å². The molecule has 104 valence electrons. The van der Waals surface area contributed by atoms with Crippen molar-refractivity contribution < 1.29 is 0 Å². The van der Waals surface area contributed by atoms with Gasteiger partial charge in [0.1, 0.15) is 0 Å². The molecule has 0 atom stereocenters. The normalized spacial score (nSPS) is 11.6. The van der Waals surface area contributed by atoms with E-state index in [9.17, 15) is 0 Å². The number of hydrogen-bond acceptors (Lipinski definition) is 0. The molecule has 0 aliphatic carbocycles. The van der Waals surface area contributed by atoms with Crippen LogP contribution in [-0.4, -0.2) is 9.97 Å². The minimum absolute atomic E-state index is 1.17. The predicted molar refractivity (Wildman–Crippen MR) is 93.1 cm³/mol. The number of benzene rings is 3. The van der Waals surface area contributed by atoms with Gasteiger partial charge in [-0.3, -0.25) is 0 Å². The van der Waals surface area contributed by atoms with E-state index in [1.165, 1.54) is 43.8 Å². The average Bonchev–Trinajstić information content (AvgIpc) is 3.16.